The first-order valence-electron chi connectivity index (χ1n) is 5.99. The molecular formula is C14H22O3. The van der Waals surface area contributed by atoms with Gasteiger partial charge in [0.2, 0.25) is 0 Å². The molecule has 0 radical (unpaired) electrons. The maximum Gasteiger partial charge on any atom is 0.122 e. The molecule has 0 aliphatic rings. The van der Waals surface area contributed by atoms with E-state index in [9.17, 15) is 0 Å². The summed E-state index contributed by atoms with van der Waals surface area (Å²) in [6.45, 7) is 4.45. The van der Waals surface area contributed by atoms with Crippen LogP contribution in [0.5, 0.6) is 11.5 Å². The van der Waals surface area contributed by atoms with Crippen molar-refractivity contribution in [3.63, 3.8) is 0 Å². The summed E-state index contributed by atoms with van der Waals surface area (Å²) in [6.07, 6.45) is 1.54. The molecule has 0 saturated heterocycles. The second kappa shape index (κ2) is 6.50. The predicted octanol–water partition coefficient (Wildman–Crippen LogP) is 2.75. The number of aliphatic hydroxyl groups excluding tert-OH is 1. The molecule has 3 nitrogen and oxygen atoms in total. The van der Waals surface area contributed by atoms with Gasteiger partial charge in [0.1, 0.15) is 11.5 Å². The topological polar surface area (TPSA) is 38.7 Å². The molecule has 0 spiro atoms. The highest BCUT2D eigenvalue weighted by molar-refractivity contribution is 5.47. The van der Waals surface area contributed by atoms with Crippen molar-refractivity contribution in [2.75, 3.05) is 20.8 Å². The van der Waals surface area contributed by atoms with E-state index >= 15 is 0 Å². The molecule has 0 fully saturated rings. The van der Waals surface area contributed by atoms with Gasteiger partial charge in [-0.15, -0.1) is 0 Å². The Morgan fingerprint density at radius 3 is 2.24 bits per heavy atom. The van der Waals surface area contributed by atoms with Crippen molar-refractivity contribution in [3.05, 3.63) is 23.3 Å². The van der Waals surface area contributed by atoms with E-state index in [0.29, 0.717) is 5.92 Å². The normalized spacial score (nSPS) is 10.7. The van der Waals surface area contributed by atoms with Crippen molar-refractivity contribution in [1.82, 2.24) is 0 Å². The first kappa shape index (κ1) is 13.8. The molecule has 96 valence electrons. The lowest BCUT2D eigenvalue weighted by Gasteiger charge is -2.16. The fourth-order valence-corrected chi connectivity index (χ4v) is 1.90. The smallest absolute Gasteiger partial charge is 0.122 e. The van der Waals surface area contributed by atoms with Gasteiger partial charge in [0.15, 0.2) is 0 Å². The van der Waals surface area contributed by atoms with Crippen LogP contribution in [-0.2, 0) is 6.42 Å². The number of hydrogen-bond donors (Lipinski definition) is 1. The highest BCUT2D eigenvalue weighted by atomic mass is 16.5. The summed E-state index contributed by atoms with van der Waals surface area (Å²) < 4.78 is 10.8. The molecule has 17 heavy (non-hydrogen) atoms. The zero-order chi connectivity index (χ0) is 12.8. The average Bonchev–Trinajstić information content (AvgIpc) is 2.34. The number of benzene rings is 1. The lowest BCUT2D eigenvalue weighted by atomic mass is 9.98. The van der Waals surface area contributed by atoms with Gasteiger partial charge in [0.25, 0.3) is 0 Å². The van der Waals surface area contributed by atoms with Crippen LogP contribution in [0.25, 0.3) is 0 Å². The third-order valence-electron chi connectivity index (χ3n) is 2.86. The van der Waals surface area contributed by atoms with Crippen molar-refractivity contribution in [3.8, 4) is 11.5 Å². The molecule has 1 aromatic rings. The Labute approximate surface area is 103 Å². The molecule has 0 amide bonds. The van der Waals surface area contributed by atoms with E-state index in [2.05, 4.69) is 13.8 Å². The standard InChI is InChI=1S/C14H22O3/c1-10(2)12-9-13(16-3)11(6-5-7-15)8-14(12)17-4/h8-10,15H,5-7H2,1-4H3. The van der Waals surface area contributed by atoms with Crippen LogP contribution in [0.3, 0.4) is 0 Å². The molecule has 1 aromatic carbocycles. The summed E-state index contributed by atoms with van der Waals surface area (Å²) in [7, 11) is 3.36. The van der Waals surface area contributed by atoms with Gasteiger partial charge >= 0.3 is 0 Å². The molecule has 0 saturated carbocycles. The summed E-state index contributed by atoms with van der Waals surface area (Å²) in [6, 6.07) is 4.06. The molecule has 0 aliphatic carbocycles. The van der Waals surface area contributed by atoms with E-state index in [1.807, 2.05) is 12.1 Å². The number of aliphatic hydroxyl groups is 1. The monoisotopic (exact) mass is 238 g/mol. The first-order chi connectivity index (χ1) is 8.13. The first-order valence-corrected chi connectivity index (χ1v) is 5.99. The number of methoxy groups -OCH3 is 2. The Morgan fingerprint density at radius 2 is 1.76 bits per heavy atom. The third kappa shape index (κ3) is 3.37. The summed E-state index contributed by atoms with van der Waals surface area (Å²) in [4.78, 5) is 0. The van der Waals surface area contributed by atoms with Gasteiger partial charge in [-0.1, -0.05) is 13.8 Å². The van der Waals surface area contributed by atoms with Gasteiger partial charge in [-0.25, -0.2) is 0 Å². The number of hydrogen-bond acceptors (Lipinski definition) is 3. The zero-order valence-electron chi connectivity index (χ0n) is 11.1. The predicted molar refractivity (Wildman–Crippen MR) is 69.0 cm³/mol. The van der Waals surface area contributed by atoms with Crippen LogP contribution < -0.4 is 9.47 Å². The zero-order valence-corrected chi connectivity index (χ0v) is 11.1. The fourth-order valence-electron chi connectivity index (χ4n) is 1.90. The van der Waals surface area contributed by atoms with E-state index in [1.165, 1.54) is 0 Å². The van der Waals surface area contributed by atoms with Gasteiger partial charge in [0.05, 0.1) is 14.2 Å². The maximum atomic E-state index is 8.89. The lowest BCUT2D eigenvalue weighted by molar-refractivity contribution is 0.287. The Bertz CT molecular complexity index is 359. The Morgan fingerprint density at radius 1 is 1.12 bits per heavy atom. The third-order valence-corrected chi connectivity index (χ3v) is 2.86. The minimum absolute atomic E-state index is 0.192. The maximum absolute atomic E-state index is 8.89. The second-order valence-electron chi connectivity index (χ2n) is 4.39. The summed E-state index contributed by atoms with van der Waals surface area (Å²) in [5, 5.41) is 8.89. The van der Waals surface area contributed by atoms with Crippen LogP contribution in [0.4, 0.5) is 0 Å². The van der Waals surface area contributed by atoms with Crippen molar-refractivity contribution in [2.24, 2.45) is 0 Å². The molecule has 1 rings (SSSR count). The molecule has 0 aliphatic heterocycles. The van der Waals surface area contributed by atoms with Crippen LogP contribution in [0.15, 0.2) is 12.1 Å². The summed E-state index contributed by atoms with van der Waals surface area (Å²) in [5.41, 5.74) is 2.24. The van der Waals surface area contributed by atoms with Crippen LogP contribution in [0.2, 0.25) is 0 Å². The number of aryl methyl sites for hydroxylation is 1. The fraction of sp³-hybridized carbons (Fsp3) is 0.571. The van der Waals surface area contributed by atoms with Gasteiger partial charge in [0, 0.05) is 12.2 Å². The van der Waals surface area contributed by atoms with E-state index in [-0.39, 0.29) is 6.61 Å². The lowest BCUT2D eigenvalue weighted by Crippen LogP contribution is -2.00. The van der Waals surface area contributed by atoms with Crippen molar-refractivity contribution < 1.29 is 14.6 Å². The van der Waals surface area contributed by atoms with Crippen molar-refractivity contribution in [1.29, 1.82) is 0 Å². The van der Waals surface area contributed by atoms with Crippen LogP contribution in [0.1, 0.15) is 37.3 Å². The van der Waals surface area contributed by atoms with E-state index in [1.54, 1.807) is 14.2 Å². The minimum atomic E-state index is 0.192. The number of ether oxygens (including phenoxy) is 2. The molecule has 3 heteroatoms. The van der Waals surface area contributed by atoms with Crippen molar-refractivity contribution >= 4 is 0 Å². The minimum Gasteiger partial charge on any atom is -0.496 e. The van der Waals surface area contributed by atoms with Crippen molar-refractivity contribution in [2.45, 2.75) is 32.6 Å². The average molecular weight is 238 g/mol. The Kier molecular flexibility index (Phi) is 5.29. The molecular weight excluding hydrogens is 216 g/mol. The van der Waals surface area contributed by atoms with Gasteiger partial charge < -0.3 is 14.6 Å². The molecule has 0 aromatic heterocycles. The summed E-state index contributed by atoms with van der Waals surface area (Å²) >= 11 is 0. The number of rotatable bonds is 6. The molecule has 0 heterocycles. The highest BCUT2D eigenvalue weighted by Crippen LogP contribution is 2.34. The SMILES string of the molecule is COc1cc(C(C)C)c(OC)cc1CCCO. The van der Waals surface area contributed by atoms with Gasteiger partial charge in [-0.05, 0) is 36.5 Å². The molecule has 0 atom stereocenters. The van der Waals surface area contributed by atoms with Crippen LogP contribution in [0, 0.1) is 0 Å². The van der Waals surface area contributed by atoms with Gasteiger partial charge in [-0.2, -0.15) is 0 Å². The van der Waals surface area contributed by atoms with Gasteiger partial charge in [-0.3, -0.25) is 0 Å². The van der Waals surface area contributed by atoms with Crippen LogP contribution >= 0.6 is 0 Å². The van der Waals surface area contributed by atoms with E-state index in [4.69, 9.17) is 14.6 Å². The molecule has 0 bridgehead atoms. The second-order valence-corrected chi connectivity index (χ2v) is 4.39. The highest BCUT2D eigenvalue weighted by Gasteiger charge is 2.13. The Hall–Kier alpha value is -1.22. The van der Waals surface area contributed by atoms with E-state index in [0.717, 1.165) is 35.5 Å². The largest absolute Gasteiger partial charge is 0.496 e. The Balaban J connectivity index is 3.13. The quantitative estimate of drug-likeness (QED) is 0.828. The molecule has 0 unspecified atom stereocenters. The molecule has 1 N–H and O–H groups in total. The van der Waals surface area contributed by atoms with E-state index < -0.39 is 0 Å². The summed E-state index contributed by atoms with van der Waals surface area (Å²) in [5.74, 6) is 2.17. The van der Waals surface area contributed by atoms with Crippen LogP contribution in [-0.4, -0.2) is 25.9 Å².